The van der Waals surface area contributed by atoms with E-state index in [0.29, 0.717) is 6.04 Å². The van der Waals surface area contributed by atoms with E-state index in [0.717, 1.165) is 22.9 Å². The average molecular weight is 306 g/mol. The van der Waals surface area contributed by atoms with Gasteiger partial charge in [-0.2, -0.15) is 0 Å². The molecule has 0 radical (unpaired) electrons. The number of rotatable bonds is 3. The highest BCUT2D eigenvalue weighted by Gasteiger charge is 2.23. The van der Waals surface area contributed by atoms with E-state index in [2.05, 4.69) is 34.3 Å². The van der Waals surface area contributed by atoms with Crippen molar-refractivity contribution in [3.05, 3.63) is 53.1 Å². The third-order valence-electron chi connectivity index (χ3n) is 3.49. The fourth-order valence-electron chi connectivity index (χ4n) is 2.46. The van der Waals surface area contributed by atoms with Crippen LogP contribution in [-0.4, -0.2) is 15.7 Å². The molecule has 3 rings (SSSR count). The van der Waals surface area contributed by atoms with Gasteiger partial charge in [0.05, 0.1) is 5.69 Å². The molecule has 0 saturated carbocycles. The number of nitrogens with zero attached hydrogens (tertiary/aromatic N) is 2. The maximum atomic E-state index is 6.14. The molecular formula is C15H16ClN3S. The van der Waals surface area contributed by atoms with Gasteiger partial charge in [0.1, 0.15) is 0 Å². The molecule has 2 unspecified atom stereocenters. The van der Waals surface area contributed by atoms with Gasteiger partial charge in [-0.05, 0) is 42.9 Å². The summed E-state index contributed by atoms with van der Waals surface area (Å²) < 4.78 is 0. The van der Waals surface area contributed by atoms with Crippen molar-refractivity contribution in [1.29, 1.82) is 0 Å². The normalized spacial score (nSPS) is 19.4. The van der Waals surface area contributed by atoms with Crippen molar-refractivity contribution in [2.24, 2.45) is 0 Å². The van der Waals surface area contributed by atoms with Gasteiger partial charge in [0.25, 0.3) is 0 Å². The van der Waals surface area contributed by atoms with E-state index in [-0.39, 0.29) is 6.04 Å². The van der Waals surface area contributed by atoms with Crippen molar-refractivity contribution in [1.82, 2.24) is 15.3 Å². The number of aromatic nitrogens is 2. The first kappa shape index (κ1) is 13.9. The number of fused-ring (bicyclic) bond motifs is 1. The van der Waals surface area contributed by atoms with Crippen LogP contribution in [0.2, 0.25) is 5.02 Å². The Morgan fingerprint density at radius 2 is 2.30 bits per heavy atom. The molecule has 0 amide bonds. The van der Waals surface area contributed by atoms with Crippen LogP contribution in [0.3, 0.4) is 0 Å². The zero-order valence-electron chi connectivity index (χ0n) is 11.2. The maximum absolute atomic E-state index is 6.14. The van der Waals surface area contributed by atoms with Crippen LogP contribution in [0.25, 0.3) is 0 Å². The topological polar surface area (TPSA) is 37.8 Å². The van der Waals surface area contributed by atoms with Crippen LogP contribution in [0.4, 0.5) is 0 Å². The van der Waals surface area contributed by atoms with Gasteiger partial charge in [0.2, 0.25) is 0 Å². The summed E-state index contributed by atoms with van der Waals surface area (Å²) in [5.74, 6) is 1.12. The number of nitrogens with one attached hydrogen (secondary N) is 1. The summed E-state index contributed by atoms with van der Waals surface area (Å²) in [6.07, 6.45) is 6.34. The lowest BCUT2D eigenvalue weighted by Crippen LogP contribution is -2.27. The Bertz CT molecular complexity index is 591. The van der Waals surface area contributed by atoms with Gasteiger partial charge in [-0.25, -0.2) is 0 Å². The van der Waals surface area contributed by atoms with Crippen LogP contribution in [0, 0.1) is 0 Å². The largest absolute Gasteiger partial charge is 0.302 e. The molecule has 1 aliphatic rings. The third-order valence-corrected chi connectivity index (χ3v) is 4.85. The maximum Gasteiger partial charge on any atom is 0.0753 e. The lowest BCUT2D eigenvalue weighted by Gasteiger charge is -2.28. The molecule has 0 saturated heterocycles. The first-order valence-electron chi connectivity index (χ1n) is 6.68. The van der Waals surface area contributed by atoms with E-state index in [9.17, 15) is 0 Å². The fourth-order valence-corrected chi connectivity index (χ4v) is 3.75. The van der Waals surface area contributed by atoms with Gasteiger partial charge < -0.3 is 5.32 Å². The van der Waals surface area contributed by atoms with Crippen molar-refractivity contribution >= 4 is 23.4 Å². The van der Waals surface area contributed by atoms with Crippen LogP contribution in [0.15, 0.2) is 41.7 Å². The number of hydrogen-bond donors (Lipinski definition) is 1. The van der Waals surface area contributed by atoms with E-state index in [1.165, 1.54) is 10.5 Å². The molecular weight excluding hydrogens is 290 g/mol. The van der Waals surface area contributed by atoms with E-state index in [4.69, 9.17) is 11.6 Å². The standard InChI is InChI=1S/C15H16ClN3S/c1-10(14-9-17-5-6-18-14)19-13-4-7-20-15-3-2-11(16)8-12(13)15/h2-3,5-6,8-10,13,19H,4,7H2,1H3. The highest BCUT2D eigenvalue weighted by atomic mass is 35.5. The molecule has 0 fully saturated rings. The Morgan fingerprint density at radius 3 is 3.10 bits per heavy atom. The minimum Gasteiger partial charge on any atom is -0.302 e. The van der Waals surface area contributed by atoms with Gasteiger partial charge in [0, 0.05) is 40.6 Å². The van der Waals surface area contributed by atoms with Crippen molar-refractivity contribution in [2.75, 3.05) is 5.75 Å². The van der Waals surface area contributed by atoms with Crippen LogP contribution in [0.5, 0.6) is 0 Å². The molecule has 20 heavy (non-hydrogen) atoms. The smallest absolute Gasteiger partial charge is 0.0753 e. The van der Waals surface area contributed by atoms with E-state index < -0.39 is 0 Å². The van der Waals surface area contributed by atoms with Crippen LogP contribution < -0.4 is 5.32 Å². The molecule has 104 valence electrons. The summed E-state index contributed by atoms with van der Waals surface area (Å²) in [5.41, 5.74) is 2.26. The van der Waals surface area contributed by atoms with Gasteiger partial charge in [0.15, 0.2) is 0 Å². The summed E-state index contributed by atoms with van der Waals surface area (Å²) in [5, 5.41) is 4.44. The minimum absolute atomic E-state index is 0.170. The minimum atomic E-state index is 0.170. The molecule has 2 heterocycles. The van der Waals surface area contributed by atoms with Gasteiger partial charge >= 0.3 is 0 Å². The first-order valence-corrected chi connectivity index (χ1v) is 8.04. The zero-order valence-corrected chi connectivity index (χ0v) is 12.8. The summed E-state index contributed by atoms with van der Waals surface area (Å²) >= 11 is 8.03. The Hall–Kier alpha value is -1.10. The second kappa shape index (κ2) is 6.12. The van der Waals surface area contributed by atoms with E-state index in [1.54, 1.807) is 12.4 Å². The number of benzene rings is 1. The zero-order chi connectivity index (χ0) is 13.9. The molecule has 1 N–H and O–H groups in total. The predicted molar refractivity (Wildman–Crippen MR) is 83.1 cm³/mol. The highest BCUT2D eigenvalue weighted by molar-refractivity contribution is 7.99. The lowest BCUT2D eigenvalue weighted by molar-refractivity contribution is 0.443. The van der Waals surface area contributed by atoms with Crippen molar-refractivity contribution in [3.8, 4) is 0 Å². The van der Waals surface area contributed by atoms with E-state index >= 15 is 0 Å². The quantitative estimate of drug-likeness (QED) is 0.929. The van der Waals surface area contributed by atoms with Gasteiger partial charge in [-0.1, -0.05) is 11.6 Å². The molecule has 3 nitrogen and oxygen atoms in total. The molecule has 1 aromatic carbocycles. The Balaban J connectivity index is 1.81. The molecule has 0 spiro atoms. The molecule has 1 aromatic heterocycles. The fraction of sp³-hybridized carbons (Fsp3) is 0.333. The molecule has 2 atom stereocenters. The second-order valence-corrected chi connectivity index (χ2v) is 6.46. The summed E-state index contributed by atoms with van der Waals surface area (Å²) in [6, 6.07) is 6.64. The number of thioether (sulfide) groups is 1. The Morgan fingerprint density at radius 1 is 1.40 bits per heavy atom. The molecule has 5 heteroatoms. The third kappa shape index (κ3) is 2.97. The average Bonchev–Trinajstić information content (AvgIpc) is 2.49. The molecule has 0 aliphatic carbocycles. The first-order chi connectivity index (χ1) is 9.74. The van der Waals surface area contributed by atoms with Crippen LogP contribution in [0.1, 0.15) is 36.7 Å². The number of halogens is 1. The van der Waals surface area contributed by atoms with Gasteiger partial charge in [-0.3, -0.25) is 9.97 Å². The van der Waals surface area contributed by atoms with Crippen molar-refractivity contribution in [3.63, 3.8) is 0 Å². The summed E-state index contributed by atoms with van der Waals surface area (Å²) in [6.45, 7) is 2.12. The summed E-state index contributed by atoms with van der Waals surface area (Å²) in [4.78, 5) is 9.81. The monoisotopic (exact) mass is 305 g/mol. The summed E-state index contributed by atoms with van der Waals surface area (Å²) in [7, 11) is 0. The highest BCUT2D eigenvalue weighted by Crippen LogP contribution is 2.38. The van der Waals surface area contributed by atoms with E-state index in [1.807, 2.05) is 24.0 Å². The Labute approximate surface area is 128 Å². The second-order valence-electron chi connectivity index (χ2n) is 4.89. The van der Waals surface area contributed by atoms with Crippen LogP contribution in [-0.2, 0) is 0 Å². The molecule has 2 aromatic rings. The number of hydrogen-bond acceptors (Lipinski definition) is 4. The van der Waals surface area contributed by atoms with Crippen molar-refractivity contribution < 1.29 is 0 Å². The predicted octanol–water partition coefficient (Wildman–Crippen LogP) is 4.02. The van der Waals surface area contributed by atoms with Crippen LogP contribution >= 0.6 is 23.4 Å². The SMILES string of the molecule is CC(NC1CCSc2ccc(Cl)cc21)c1cnccn1. The molecule has 1 aliphatic heterocycles. The van der Waals surface area contributed by atoms with Crippen molar-refractivity contribution in [2.45, 2.75) is 30.3 Å². The van der Waals surface area contributed by atoms with Gasteiger partial charge in [-0.15, -0.1) is 11.8 Å². The molecule has 0 bridgehead atoms. The lowest BCUT2D eigenvalue weighted by atomic mass is 10.0. The Kier molecular flexibility index (Phi) is 4.24.